The van der Waals surface area contributed by atoms with Crippen LogP contribution in [0.5, 0.6) is 0 Å². The van der Waals surface area contributed by atoms with Crippen molar-refractivity contribution in [2.75, 3.05) is 32.7 Å². The molecule has 2 heterocycles. The van der Waals surface area contributed by atoms with E-state index < -0.39 is 0 Å². The number of fused-ring (bicyclic) bond motifs is 1. The highest BCUT2D eigenvalue weighted by Gasteiger charge is 2.26. The molecule has 1 saturated heterocycles. The summed E-state index contributed by atoms with van der Waals surface area (Å²) in [5.74, 6) is 0.436. The largest absolute Gasteiger partial charge is 0.354 e. The van der Waals surface area contributed by atoms with E-state index in [0.29, 0.717) is 12.5 Å². The van der Waals surface area contributed by atoms with Crippen molar-refractivity contribution < 1.29 is 4.79 Å². The Labute approximate surface area is 182 Å². The van der Waals surface area contributed by atoms with Gasteiger partial charge in [-0.25, -0.2) is 4.98 Å². The number of thiazole rings is 1. The predicted molar refractivity (Wildman–Crippen MR) is 124 cm³/mol. The minimum absolute atomic E-state index is 0.0995. The quantitative estimate of drug-likeness (QED) is 0.630. The van der Waals surface area contributed by atoms with Crippen LogP contribution in [0.15, 0.2) is 54.6 Å². The molecule has 4 rings (SSSR count). The van der Waals surface area contributed by atoms with Gasteiger partial charge in [-0.3, -0.25) is 14.6 Å². The molecule has 5 nitrogen and oxygen atoms in total. The first kappa shape index (κ1) is 21.0. The van der Waals surface area contributed by atoms with Crippen molar-refractivity contribution in [3.63, 3.8) is 0 Å². The van der Waals surface area contributed by atoms with Crippen LogP contribution in [0.4, 0.5) is 0 Å². The molecule has 1 N–H and O–H groups in total. The summed E-state index contributed by atoms with van der Waals surface area (Å²) in [6.07, 6.45) is 0. The Kier molecular flexibility index (Phi) is 6.77. The molecule has 0 spiro atoms. The van der Waals surface area contributed by atoms with Gasteiger partial charge in [0.25, 0.3) is 0 Å². The Morgan fingerprint density at radius 3 is 2.47 bits per heavy atom. The van der Waals surface area contributed by atoms with Gasteiger partial charge < -0.3 is 5.32 Å². The fourth-order valence-corrected chi connectivity index (χ4v) is 4.96. The Hall–Kier alpha value is -2.28. The van der Waals surface area contributed by atoms with Crippen LogP contribution >= 0.6 is 11.3 Å². The van der Waals surface area contributed by atoms with E-state index in [9.17, 15) is 4.79 Å². The van der Waals surface area contributed by atoms with Gasteiger partial charge in [0, 0.05) is 32.7 Å². The molecule has 1 fully saturated rings. The zero-order chi connectivity index (χ0) is 20.9. The summed E-state index contributed by atoms with van der Waals surface area (Å²) in [5.41, 5.74) is 2.35. The van der Waals surface area contributed by atoms with Crippen LogP contribution in [-0.2, 0) is 11.3 Å². The standard InChI is InChI=1S/C24H30N4OS/c1-18(20-8-4-3-5-9-20)16-25-24(29)19(2)28-14-12-27(13-15-28)17-23-26-21-10-6-7-11-22(21)30-23/h3-11,18-19H,12-17H2,1-2H3,(H,25,29). The van der Waals surface area contributed by atoms with Crippen LogP contribution in [0.25, 0.3) is 10.2 Å². The van der Waals surface area contributed by atoms with E-state index in [2.05, 4.69) is 52.4 Å². The molecule has 2 unspecified atom stereocenters. The topological polar surface area (TPSA) is 48.5 Å². The Bertz CT molecular complexity index is 933. The van der Waals surface area contributed by atoms with Crippen molar-refractivity contribution in [1.29, 1.82) is 0 Å². The molecule has 1 aliphatic rings. The highest BCUT2D eigenvalue weighted by atomic mass is 32.1. The third kappa shape index (κ3) is 5.06. The van der Waals surface area contributed by atoms with E-state index in [-0.39, 0.29) is 11.9 Å². The van der Waals surface area contributed by atoms with E-state index in [4.69, 9.17) is 4.98 Å². The van der Waals surface area contributed by atoms with Crippen LogP contribution < -0.4 is 5.32 Å². The van der Waals surface area contributed by atoms with Crippen molar-refractivity contribution in [1.82, 2.24) is 20.1 Å². The highest BCUT2D eigenvalue weighted by molar-refractivity contribution is 7.18. The number of benzene rings is 2. The molecular weight excluding hydrogens is 392 g/mol. The van der Waals surface area contributed by atoms with Gasteiger partial charge >= 0.3 is 0 Å². The van der Waals surface area contributed by atoms with Crippen molar-refractivity contribution in [2.24, 2.45) is 0 Å². The second kappa shape index (κ2) is 9.69. The van der Waals surface area contributed by atoms with Crippen LogP contribution in [-0.4, -0.2) is 59.5 Å². The molecule has 1 amide bonds. The third-order valence-electron chi connectivity index (χ3n) is 5.98. The first-order valence-electron chi connectivity index (χ1n) is 10.7. The van der Waals surface area contributed by atoms with Gasteiger partial charge in [0.15, 0.2) is 0 Å². The fraction of sp³-hybridized carbons (Fsp3) is 0.417. The Balaban J connectivity index is 1.23. The number of hydrogen-bond donors (Lipinski definition) is 1. The lowest BCUT2D eigenvalue weighted by atomic mass is 10.0. The second-order valence-electron chi connectivity index (χ2n) is 8.12. The lowest BCUT2D eigenvalue weighted by Gasteiger charge is -2.37. The molecule has 30 heavy (non-hydrogen) atoms. The summed E-state index contributed by atoms with van der Waals surface area (Å²) in [6, 6.07) is 18.6. The predicted octanol–water partition coefficient (Wildman–Crippen LogP) is 3.72. The Morgan fingerprint density at radius 1 is 1.03 bits per heavy atom. The summed E-state index contributed by atoms with van der Waals surface area (Å²) >= 11 is 1.78. The minimum Gasteiger partial charge on any atom is -0.354 e. The summed E-state index contributed by atoms with van der Waals surface area (Å²) in [6.45, 7) is 9.49. The number of amides is 1. The van der Waals surface area contributed by atoms with Gasteiger partial charge in [-0.05, 0) is 30.5 Å². The van der Waals surface area contributed by atoms with Crippen LogP contribution in [0.3, 0.4) is 0 Å². The van der Waals surface area contributed by atoms with Gasteiger partial charge in [0.05, 0.1) is 22.8 Å². The average Bonchev–Trinajstić information content (AvgIpc) is 3.20. The maximum absolute atomic E-state index is 12.7. The maximum Gasteiger partial charge on any atom is 0.237 e. The number of carbonyl (C=O) groups is 1. The number of piperazine rings is 1. The molecule has 2 atom stereocenters. The van der Waals surface area contributed by atoms with Gasteiger partial charge in [0.2, 0.25) is 5.91 Å². The molecule has 2 aromatic carbocycles. The summed E-state index contributed by atoms with van der Waals surface area (Å²) in [5, 5.41) is 4.31. The van der Waals surface area contributed by atoms with Crippen molar-refractivity contribution in [3.8, 4) is 0 Å². The van der Waals surface area contributed by atoms with Gasteiger partial charge in [-0.1, -0.05) is 49.4 Å². The average molecular weight is 423 g/mol. The normalized spacial score (nSPS) is 17.7. The maximum atomic E-state index is 12.7. The van der Waals surface area contributed by atoms with E-state index in [1.807, 2.05) is 31.2 Å². The molecule has 6 heteroatoms. The third-order valence-corrected chi connectivity index (χ3v) is 7.00. The molecular formula is C24H30N4OS. The second-order valence-corrected chi connectivity index (χ2v) is 9.24. The minimum atomic E-state index is -0.0995. The van der Waals surface area contributed by atoms with Crippen LogP contribution in [0, 0.1) is 0 Å². The van der Waals surface area contributed by atoms with Crippen LogP contribution in [0.1, 0.15) is 30.3 Å². The summed E-state index contributed by atoms with van der Waals surface area (Å²) in [7, 11) is 0. The molecule has 0 aliphatic carbocycles. The summed E-state index contributed by atoms with van der Waals surface area (Å²) < 4.78 is 1.25. The number of nitrogens with zero attached hydrogens (tertiary/aromatic N) is 3. The number of nitrogens with one attached hydrogen (secondary N) is 1. The van der Waals surface area contributed by atoms with E-state index >= 15 is 0 Å². The smallest absolute Gasteiger partial charge is 0.237 e. The monoisotopic (exact) mass is 422 g/mol. The zero-order valence-corrected chi connectivity index (χ0v) is 18.6. The number of rotatable bonds is 7. The van der Waals surface area contributed by atoms with Crippen molar-refractivity contribution in [3.05, 3.63) is 65.2 Å². The van der Waals surface area contributed by atoms with Crippen LogP contribution in [0.2, 0.25) is 0 Å². The number of hydrogen-bond acceptors (Lipinski definition) is 5. The number of aromatic nitrogens is 1. The van der Waals surface area contributed by atoms with Crippen molar-refractivity contribution in [2.45, 2.75) is 32.4 Å². The van der Waals surface area contributed by atoms with Gasteiger partial charge in [-0.15, -0.1) is 11.3 Å². The van der Waals surface area contributed by atoms with Gasteiger partial charge in [-0.2, -0.15) is 0 Å². The van der Waals surface area contributed by atoms with E-state index in [1.54, 1.807) is 11.3 Å². The highest BCUT2D eigenvalue weighted by Crippen LogP contribution is 2.23. The number of para-hydroxylation sites is 1. The lowest BCUT2D eigenvalue weighted by Crippen LogP contribution is -2.53. The molecule has 3 aromatic rings. The fourth-order valence-electron chi connectivity index (χ4n) is 3.95. The van der Waals surface area contributed by atoms with E-state index in [0.717, 1.165) is 38.2 Å². The zero-order valence-electron chi connectivity index (χ0n) is 17.8. The molecule has 0 radical (unpaired) electrons. The number of carbonyl (C=O) groups excluding carboxylic acids is 1. The molecule has 0 saturated carbocycles. The van der Waals surface area contributed by atoms with Gasteiger partial charge in [0.1, 0.15) is 5.01 Å². The molecule has 0 bridgehead atoms. The molecule has 1 aromatic heterocycles. The van der Waals surface area contributed by atoms with Crippen molar-refractivity contribution >= 4 is 27.5 Å². The SMILES string of the molecule is CC(CNC(=O)C(C)N1CCN(Cc2nc3ccccc3s2)CC1)c1ccccc1. The first-order chi connectivity index (χ1) is 14.6. The van der Waals surface area contributed by atoms with E-state index in [1.165, 1.54) is 15.3 Å². The first-order valence-corrected chi connectivity index (χ1v) is 11.6. The lowest BCUT2D eigenvalue weighted by molar-refractivity contribution is -0.126. The summed E-state index contributed by atoms with van der Waals surface area (Å²) in [4.78, 5) is 22.2. The molecule has 158 valence electrons. The molecule has 1 aliphatic heterocycles. The Morgan fingerprint density at radius 2 is 1.73 bits per heavy atom.